The maximum absolute atomic E-state index is 12.9. The van der Waals surface area contributed by atoms with Gasteiger partial charge >= 0.3 is 0 Å². The first-order chi connectivity index (χ1) is 10.0. The van der Waals surface area contributed by atoms with Crippen molar-refractivity contribution in [3.05, 3.63) is 18.3 Å². The quantitative estimate of drug-likeness (QED) is 0.613. The van der Waals surface area contributed by atoms with E-state index in [-0.39, 0.29) is 16.8 Å². The second kappa shape index (κ2) is 5.53. The van der Waals surface area contributed by atoms with Crippen LogP contribution in [0.2, 0.25) is 0 Å². The molecule has 0 aromatic carbocycles. The number of aromatic nitrogens is 1. The number of hydrogen-bond acceptors (Lipinski definition) is 6. The van der Waals surface area contributed by atoms with Crippen molar-refractivity contribution in [3.63, 3.8) is 0 Å². The Morgan fingerprint density at radius 1 is 1.43 bits per heavy atom. The molecule has 3 rings (SSSR count). The van der Waals surface area contributed by atoms with Gasteiger partial charge < -0.3 is 5.43 Å². The number of fused-ring (bicyclic) bond motifs is 1. The number of nitrogens with two attached hydrogens (primary N) is 1. The first-order valence-corrected chi connectivity index (χ1v) is 8.65. The van der Waals surface area contributed by atoms with Gasteiger partial charge in [-0.2, -0.15) is 4.31 Å². The van der Waals surface area contributed by atoms with Crippen molar-refractivity contribution in [1.29, 1.82) is 0 Å². The van der Waals surface area contributed by atoms with Gasteiger partial charge in [-0.15, -0.1) is 0 Å². The monoisotopic (exact) mass is 311 g/mol. The third kappa shape index (κ3) is 2.52. The Balaban J connectivity index is 1.94. The van der Waals surface area contributed by atoms with Crippen molar-refractivity contribution in [1.82, 2.24) is 14.2 Å². The fraction of sp³-hybridized carbons (Fsp3) is 0.615. The number of rotatable bonds is 3. The second-order valence-electron chi connectivity index (χ2n) is 5.71. The molecule has 1 aromatic rings. The zero-order valence-electron chi connectivity index (χ0n) is 12.1. The number of hydrazine groups is 1. The molecule has 2 aliphatic heterocycles. The summed E-state index contributed by atoms with van der Waals surface area (Å²) in [6.07, 6.45) is 3.73. The minimum absolute atomic E-state index is 0.0461. The van der Waals surface area contributed by atoms with Crippen LogP contribution in [0.4, 0.5) is 5.82 Å². The normalized spacial score (nSPS) is 27.5. The summed E-state index contributed by atoms with van der Waals surface area (Å²) in [6, 6.07) is 3.45. The summed E-state index contributed by atoms with van der Waals surface area (Å²) in [6.45, 7) is 4.36. The molecule has 1 aromatic heterocycles. The van der Waals surface area contributed by atoms with Crippen LogP contribution in [-0.4, -0.2) is 54.3 Å². The highest BCUT2D eigenvalue weighted by Crippen LogP contribution is 2.30. The molecule has 3 N–H and O–H groups in total. The zero-order valence-corrected chi connectivity index (χ0v) is 12.9. The summed E-state index contributed by atoms with van der Waals surface area (Å²) in [5, 5.41) is 0. The molecular weight excluding hydrogens is 290 g/mol. The van der Waals surface area contributed by atoms with Crippen LogP contribution in [0, 0.1) is 0 Å². The molecule has 0 amide bonds. The van der Waals surface area contributed by atoms with Crippen molar-refractivity contribution in [2.24, 2.45) is 5.84 Å². The Labute approximate surface area is 125 Å². The molecule has 0 spiro atoms. The van der Waals surface area contributed by atoms with Gasteiger partial charge in [0.2, 0.25) is 10.0 Å². The number of nitrogen functional groups attached to an aromatic ring is 1. The Morgan fingerprint density at radius 2 is 2.24 bits per heavy atom. The van der Waals surface area contributed by atoms with Crippen LogP contribution >= 0.6 is 0 Å². The highest BCUT2D eigenvalue weighted by Gasteiger charge is 2.41. The second-order valence-corrected chi connectivity index (χ2v) is 7.57. The fourth-order valence-electron chi connectivity index (χ4n) is 3.33. The number of nitrogens with one attached hydrogen (secondary N) is 1. The van der Waals surface area contributed by atoms with E-state index in [1.807, 2.05) is 6.92 Å². The summed E-state index contributed by atoms with van der Waals surface area (Å²) in [5.74, 6) is 5.59. The lowest BCUT2D eigenvalue weighted by Crippen LogP contribution is -2.56. The first-order valence-electron chi connectivity index (χ1n) is 7.21. The van der Waals surface area contributed by atoms with Crippen LogP contribution in [0.5, 0.6) is 0 Å². The molecule has 0 saturated carbocycles. The van der Waals surface area contributed by atoms with Crippen LogP contribution in [0.15, 0.2) is 23.2 Å². The number of hydrogen-bond donors (Lipinski definition) is 2. The number of sulfonamides is 1. The summed E-state index contributed by atoms with van der Waals surface area (Å²) in [7, 11) is -3.59. The number of piperazine rings is 1. The molecule has 0 radical (unpaired) electrons. The SMILES string of the molecule is CC1CN2CCCC2CN1S(=O)(=O)c1cccnc1NN. The van der Waals surface area contributed by atoms with Crippen LogP contribution in [-0.2, 0) is 10.0 Å². The molecule has 2 unspecified atom stereocenters. The number of pyridine rings is 1. The van der Waals surface area contributed by atoms with E-state index < -0.39 is 10.0 Å². The molecular formula is C13H21N5O2S. The van der Waals surface area contributed by atoms with Crippen LogP contribution in [0.3, 0.4) is 0 Å². The minimum Gasteiger partial charge on any atom is -0.307 e. The third-order valence-corrected chi connectivity index (χ3v) is 6.39. The van der Waals surface area contributed by atoms with Gasteiger partial charge in [0.15, 0.2) is 5.82 Å². The lowest BCUT2D eigenvalue weighted by atomic mass is 10.1. The van der Waals surface area contributed by atoms with E-state index in [9.17, 15) is 8.42 Å². The Bertz CT molecular complexity index is 621. The lowest BCUT2D eigenvalue weighted by molar-refractivity contribution is 0.117. The molecule has 7 nitrogen and oxygen atoms in total. The van der Waals surface area contributed by atoms with E-state index in [1.54, 1.807) is 16.4 Å². The molecule has 8 heteroatoms. The van der Waals surface area contributed by atoms with Gasteiger partial charge in [-0.1, -0.05) is 0 Å². The summed E-state index contributed by atoms with van der Waals surface area (Å²) in [5.41, 5.74) is 2.37. The summed E-state index contributed by atoms with van der Waals surface area (Å²) < 4.78 is 27.5. The fourth-order valence-corrected chi connectivity index (χ4v) is 5.10. The standard InChI is InChI=1S/C13H21N5O2S/c1-10-8-17-7-3-4-11(17)9-18(10)21(19,20)12-5-2-6-15-13(12)16-14/h2,5-6,10-11H,3-4,7-9,14H2,1H3,(H,15,16). The zero-order chi connectivity index (χ0) is 15.0. The first kappa shape index (κ1) is 14.7. The molecule has 2 saturated heterocycles. The minimum atomic E-state index is -3.59. The van der Waals surface area contributed by atoms with Crippen molar-refractivity contribution < 1.29 is 8.42 Å². The molecule has 2 fully saturated rings. The van der Waals surface area contributed by atoms with Gasteiger partial charge in [-0.3, -0.25) is 4.90 Å². The van der Waals surface area contributed by atoms with Crippen LogP contribution < -0.4 is 11.3 Å². The lowest BCUT2D eigenvalue weighted by Gasteiger charge is -2.41. The molecule has 2 aliphatic rings. The van der Waals surface area contributed by atoms with Gasteiger partial charge in [0.05, 0.1) is 0 Å². The molecule has 0 bridgehead atoms. The van der Waals surface area contributed by atoms with Gasteiger partial charge in [-0.05, 0) is 38.4 Å². The van der Waals surface area contributed by atoms with Crippen molar-refractivity contribution in [2.45, 2.75) is 36.7 Å². The van der Waals surface area contributed by atoms with Crippen LogP contribution in [0.1, 0.15) is 19.8 Å². The molecule has 2 atom stereocenters. The smallest absolute Gasteiger partial charge is 0.247 e. The molecule has 116 valence electrons. The number of nitrogens with zero attached hydrogens (tertiary/aromatic N) is 3. The summed E-state index contributed by atoms with van der Waals surface area (Å²) >= 11 is 0. The van der Waals surface area contributed by atoms with Gasteiger partial charge in [0.25, 0.3) is 0 Å². The highest BCUT2D eigenvalue weighted by molar-refractivity contribution is 7.89. The predicted molar refractivity (Wildman–Crippen MR) is 80.0 cm³/mol. The predicted octanol–water partition coefficient (Wildman–Crippen LogP) is 0.224. The van der Waals surface area contributed by atoms with Crippen molar-refractivity contribution >= 4 is 15.8 Å². The molecule has 21 heavy (non-hydrogen) atoms. The van der Waals surface area contributed by atoms with E-state index in [0.717, 1.165) is 25.9 Å². The average Bonchev–Trinajstić information content (AvgIpc) is 2.93. The largest absolute Gasteiger partial charge is 0.307 e. The van der Waals surface area contributed by atoms with E-state index >= 15 is 0 Å². The van der Waals surface area contributed by atoms with Crippen LogP contribution in [0.25, 0.3) is 0 Å². The van der Waals surface area contributed by atoms with Gasteiger partial charge in [0, 0.05) is 31.4 Å². The topological polar surface area (TPSA) is 91.6 Å². The van der Waals surface area contributed by atoms with Crippen molar-refractivity contribution in [3.8, 4) is 0 Å². The Kier molecular flexibility index (Phi) is 3.87. The van der Waals surface area contributed by atoms with Crippen molar-refractivity contribution in [2.75, 3.05) is 25.1 Å². The average molecular weight is 311 g/mol. The Hall–Kier alpha value is -1.22. The highest BCUT2D eigenvalue weighted by atomic mass is 32.2. The molecule has 3 heterocycles. The maximum atomic E-state index is 12.9. The molecule has 0 aliphatic carbocycles. The maximum Gasteiger partial charge on any atom is 0.247 e. The Morgan fingerprint density at radius 3 is 3.00 bits per heavy atom. The van der Waals surface area contributed by atoms with E-state index in [2.05, 4.69) is 15.3 Å². The van der Waals surface area contributed by atoms with E-state index in [0.29, 0.717) is 12.6 Å². The van der Waals surface area contributed by atoms with E-state index in [1.165, 1.54) is 6.20 Å². The van der Waals surface area contributed by atoms with Gasteiger partial charge in [0.1, 0.15) is 4.90 Å². The van der Waals surface area contributed by atoms with Gasteiger partial charge in [-0.25, -0.2) is 19.2 Å². The third-order valence-electron chi connectivity index (χ3n) is 4.37. The number of anilines is 1. The summed E-state index contributed by atoms with van der Waals surface area (Å²) in [4.78, 5) is 6.53. The van der Waals surface area contributed by atoms with E-state index in [4.69, 9.17) is 5.84 Å².